The van der Waals surface area contributed by atoms with Gasteiger partial charge in [0, 0.05) is 18.3 Å². The number of hydrogen-bond donors (Lipinski definition) is 0. The topological polar surface area (TPSA) is 95.0 Å². The zero-order chi connectivity index (χ0) is 25.3. The van der Waals surface area contributed by atoms with Crippen molar-refractivity contribution < 1.29 is 14.3 Å². The van der Waals surface area contributed by atoms with Crippen molar-refractivity contribution in [2.75, 3.05) is 6.61 Å². The molecule has 35 heavy (non-hydrogen) atoms. The van der Waals surface area contributed by atoms with E-state index >= 15 is 0 Å². The SMILES string of the molecule is CCOC(=O)c1cc2c(=O)n3ccccc3nc2n(CC(C)C)c1=NC(=O)c1cc(C)cc(C)c1. The number of hydrogen-bond acceptors (Lipinski definition) is 5. The number of ether oxygens (including phenoxy) is 1. The number of esters is 1. The van der Waals surface area contributed by atoms with Gasteiger partial charge in [-0.05, 0) is 57.0 Å². The van der Waals surface area contributed by atoms with Gasteiger partial charge in [0.25, 0.3) is 11.5 Å². The monoisotopic (exact) mass is 472 g/mol. The summed E-state index contributed by atoms with van der Waals surface area (Å²) >= 11 is 0. The summed E-state index contributed by atoms with van der Waals surface area (Å²) in [6, 6.07) is 12.2. The quantitative estimate of drug-likeness (QED) is 0.325. The van der Waals surface area contributed by atoms with Crippen molar-refractivity contribution in [3.63, 3.8) is 0 Å². The lowest BCUT2D eigenvalue weighted by Crippen LogP contribution is -2.33. The molecule has 3 aromatic heterocycles. The average Bonchev–Trinajstić information content (AvgIpc) is 2.80. The predicted molar refractivity (Wildman–Crippen MR) is 134 cm³/mol. The highest BCUT2D eigenvalue weighted by atomic mass is 16.5. The second-order valence-electron chi connectivity index (χ2n) is 8.98. The molecule has 4 rings (SSSR count). The zero-order valence-electron chi connectivity index (χ0n) is 20.5. The van der Waals surface area contributed by atoms with E-state index in [1.165, 1.54) is 10.5 Å². The highest BCUT2D eigenvalue weighted by Crippen LogP contribution is 2.14. The first-order valence-corrected chi connectivity index (χ1v) is 11.6. The molecule has 0 aliphatic rings. The van der Waals surface area contributed by atoms with E-state index in [1.807, 2.05) is 33.8 Å². The maximum Gasteiger partial charge on any atom is 0.341 e. The van der Waals surface area contributed by atoms with E-state index < -0.39 is 11.9 Å². The third kappa shape index (κ3) is 4.77. The van der Waals surface area contributed by atoms with Crippen LogP contribution < -0.4 is 11.0 Å². The van der Waals surface area contributed by atoms with Crippen LogP contribution in [0.25, 0.3) is 16.7 Å². The summed E-state index contributed by atoms with van der Waals surface area (Å²) in [6.45, 7) is 10.0. The smallest absolute Gasteiger partial charge is 0.341 e. The van der Waals surface area contributed by atoms with Crippen LogP contribution in [0.2, 0.25) is 0 Å². The van der Waals surface area contributed by atoms with Crippen molar-refractivity contribution >= 4 is 28.6 Å². The van der Waals surface area contributed by atoms with Gasteiger partial charge in [-0.15, -0.1) is 0 Å². The van der Waals surface area contributed by atoms with E-state index in [2.05, 4.69) is 4.99 Å². The third-order valence-electron chi connectivity index (χ3n) is 5.51. The lowest BCUT2D eigenvalue weighted by molar-refractivity contribution is 0.0523. The summed E-state index contributed by atoms with van der Waals surface area (Å²) < 4.78 is 8.38. The molecule has 0 N–H and O–H groups in total. The Bertz CT molecular complexity index is 1570. The summed E-state index contributed by atoms with van der Waals surface area (Å²) in [5.74, 6) is -1.03. The molecular formula is C27H28N4O4. The molecule has 0 saturated heterocycles. The van der Waals surface area contributed by atoms with Crippen molar-refractivity contribution in [1.29, 1.82) is 0 Å². The molecule has 8 heteroatoms. The Kier molecular flexibility index (Phi) is 6.64. The molecule has 0 bridgehead atoms. The van der Waals surface area contributed by atoms with Crippen LogP contribution in [-0.2, 0) is 11.3 Å². The molecule has 0 atom stereocenters. The number of pyridine rings is 2. The number of rotatable bonds is 5. The number of fused-ring (bicyclic) bond motifs is 2. The number of carbonyl (C=O) groups is 2. The van der Waals surface area contributed by atoms with Crippen LogP contribution in [0.4, 0.5) is 0 Å². The Hall–Kier alpha value is -4.07. The standard InChI is InChI=1S/C27H28N4O4/c1-6-35-27(34)21-14-20-23(28-22-9-7-8-10-30(22)26(20)33)31(15-16(2)3)24(21)29-25(32)19-12-17(4)11-18(5)13-19/h7-14,16H,6,15H2,1-5H3. The molecular weight excluding hydrogens is 444 g/mol. The largest absolute Gasteiger partial charge is 0.462 e. The molecule has 0 radical (unpaired) electrons. The number of aryl methyl sites for hydroxylation is 2. The summed E-state index contributed by atoms with van der Waals surface area (Å²) in [4.78, 5) is 48.8. The van der Waals surface area contributed by atoms with E-state index in [1.54, 1.807) is 48.0 Å². The van der Waals surface area contributed by atoms with Gasteiger partial charge in [0.05, 0.1) is 12.0 Å². The van der Waals surface area contributed by atoms with Gasteiger partial charge >= 0.3 is 5.97 Å². The molecule has 1 amide bonds. The first-order chi connectivity index (χ1) is 16.7. The predicted octanol–water partition coefficient (Wildman–Crippen LogP) is 3.84. The van der Waals surface area contributed by atoms with Crippen molar-refractivity contribution in [3.05, 3.63) is 86.8 Å². The number of carbonyl (C=O) groups excluding carboxylic acids is 2. The maximum absolute atomic E-state index is 13.3. The third-order valence-corrected chi connectivity index (χ3v) is 5.51. The molecule has 3 heterocycles. The van der Waals surface area contributed by atoms with Crippen LogP contribution in [0.5, 0.6) is 0 Å². The molecule has 0 aliphatic carbocycles. The molecule has 0 aliphatic heterocycles. The molecule has 180 valence electrons. The Balaban J connectivity index is 2.13. The minimum atomic E-state index is -0.656. The molecule has 4 aromatic rings. The van der Waals surface area contributed by atoms with E-state index in [0.29, 0.717) is 23.4 Å². The van der Waals surface area contributed by atoms with Gasteiger partial charge in [0.15, 0.2) is 5.49 Å². The molecule has 0 spiro atoms. The fraction of sp³-hybridized carbons (Fsp3) is 0.296. The maximum atomic E-state index is 13.3. The van der Waals surface area contributed by atoms with E-state index in [4.69, 9.17) is 9.72 Å². The lowest BCUT2D eigenvalue weighted by Gasteiger charge is -2.16. The minimum absolute atomic E-state index is 0.0486. The minimum Gasteiger partial charge on any atom is -0.462 e. The number of amides is 1. The van der Waals surface area contributed by atoms with Gasteiger partial charge in [-0.3, -0.25) is 14.0 Å². The summed E-state index contributed by atoms with van der Waals surface area (Å²) in [5, 5.41) is 0.246. The molecule has 1 aromatic carbocycles. The first kappa shape index (κ1) is 24.1. The normalized spacial score (nSPS) is 12.0. The van der Waals surface area contributed by atoms with Gasteiger partial charge in [0.1, 0.15) is 16.9 Å². The van der Waals surface area contributed by atoms with Crippen LogP contribution in [0, 0.1) is 19.8 Å². The molecule has 0 saturated carbocycles. The zero-order valence-corrected chi connectivity index (χ0v) is 20.5. The van der Waals surface area contributed by atoms with Gasteiger partial charge in [-0.25, -0.2) is 9.78 Å². The fourth-order valence-electron chi connectivity index (χ4n) is 4.15. The van der Waals surface area contributed by atoms with Crippen LogP contribution in [0.3, 0.4) is 0 Å². The lowest BCUT2D eigenvalue weighted by atomic mass is 10.1. The number of benzene rings is 1. The Morgan fingerprint density at radius 1 is 1.09 bits per heavy atom. The van der Waals surface area contributed by atoms with Gasteiger partial charge in [-0.1, -0.05) is 37.1 Å². The Labute approximate surface area is 202 Å². The number of nitrogens with zero attached hydrogens (tertiary/aromatic N) is 4. The first-order valence-electron chi connectivity index (χ1n) is 11.6. The van der Waals surface area contributed by atoms with Crippen LogP contribution >= 0.6 is 0 Å². The Morgan fingerprint density at radius 3 is 2.46 bits per heavy atom. The van der Waals surface area contributed by atoms with Crippen molar-refractivity contribution in [1.82, 2.24) is 14.0 Å². The summed E-state index contributed by atoms with van der Waals surface area (Å²) in [7, 11) is 0. The molecule has 0 fully saturated rings. The number of aromatic nitrogens is 3. The Morgan fingerprint density at radius 2 is 1.80 bits per heavy atom. The van der Waals surface area contributed by atoms with Crippen molar-refractivity contribution in [2.24, 2.45) is 10.9 Å². The van der Waals surface area contributed by atoms with E-state index in [-0.39, 0.29) is 34.5 Å². The summed E-state index contributed by atoms with van der Waals surface area (Å²) in [5.41, 5.74) is 2.95. The van der Waals surface area contributed by atoms with Crippen LogP contribution in [0.15, 0.2) is 58.4 Å². The van der Waals surface area contributed by atoms with Gasteiger partial charge in [-0.2, -0.15) is 4.99 Å². The second-order valence-corrected chi connectivity index (χ2v) is 8.98. The van der Waals surface area contributed by atoms with Crippen LogP contribution in [-0.4, -0.2) is 32.4 Å². The highest BCUT2D eigenvalue weighted by molar-refractivity contribution is 5.97. The summed E-state index contributed by atoms with van der Waals surface area (Å²) in [6.07, 6.45) is 1.63. The van der Waals surface area contributed by atoms with Gasteiger partial charge < -0.3 is 9.30 Å². The van der Waals surface area contributed by atoms with E-state index in [0.717, 1.165) is 11.1 Å². The van der Waals surface area contributed by atoms with Gasteiger partial charge in [0.2, 0.25) is 0 Å². The van der Waals surface area contributed by atoms with Crippen LogP contribution in [0.1, 0.15) is 52.6 Å². The van der Waals surface area contributed by atoms with Crippen molar-refractivity contribution in [3.8, 4) is 0 Å². The average molecular weight is 473 g/mol. The fourth-order valence-corrected chi connectivity index (χ4v) is 4.15. The van der Waals surface area contributed by atoms with E-state index in [9.17, 15) is 14.4 Å². The van der Waals surface area contributed by atoms with Crippen molar-refractivity contribution in [2.45, 2.75) is 41.2 Å². The highest BCUT2D eigenvalue weighted by Gasteiger charge is 2.21. The molecule has 0 unspecified atom stereocenters. The molecule has 8 nitrogen and oxygen atoms in total. The second kappa shape index (κ2) is 9.66.